The van der Waals surface area contributed by atoms with E-state index in [2.05, 4.69) is 56.3 Å². The van der Waals surface area contributed by atoms with Gasteiger partial charge in [0.05, 0.1) is 12.7 Å². The summed E-state index contributed by atoms with van der Waals surface area (Å²) in [5, 5.41) is 7.50. The fourth-order valence-electron chi connectivity index (χ4n) is 3.13. The van der Waals surface area contributed by atoms with Crippen LogP contribution < -0.4 is 5.32 Å². The molecule has 25 heavy (non-hydrogen) atoms. The van der Waals surface area contributed by atoms with Crippen LogP contribution in [0, 0.1) is 6.92 Å². The average molecular weight is 342 g/mol. The molecule has 136 valence electrons. The summed E-state index contributed by atoms with van der Waals surface area (Å²) in [5.74, 6) is 0.0265. The van der Waals surface area contributed by atoms with E-state index in [9.17, 15) is 4.79 Å². The van der Waals surface area contributed by atoms with Crippen LogP contribution in [0.3, 0.4) is 0 Å². The number of amides is 1. The van der Waals surface area contributed by atoms with Crippen molar-refractivity contribution in [1.82, 2.24) is 14.7 Å². The molecule has 0 atom stereocenters. The molecule has 0 aliphatic rings. The molecular weight excluding hydrogens is 312 g/mol. The fraction of sp³-hybridized carbons (Fsp3) is 0.500. The van der Waals surface area contributed by atoms with Gasteiger partial charge in [-0.25, -0.2) is 0 Å². The minimum Gasteiger partial charge on any atom is -0.324 e. The number of aromatic nitrogens is 2. The molecule has 5 heteroatoms. The summed E-state index contributed by atoms with van der Waals surface area (Å²) < 4.78 is 1.98. The van der Waals surface area contributed by atoms with Gasteiger partial charge >= 0.3 is 0 Å². The molecule has 1 N–H and O–H groups in total. The first-order valence-corrected chi connectivity index (χ1v) is 9.10. The molecule has 1 amide bonds. The summed E-state index contributed by atoms with van der Waals surface area (Å²) in [7, 11) is 1.97. The highest BCUT2D eigenvalue weighted by Crippen LogP contribution is 2.22. The predicted molar refractivity (Wildman–Crippen MR) is 103 cm³/mol. The van der Waals surface area contributed by atoms with Crippen molar-refractivity contribution in [2.45, 2.75) is 53.6 Å². The second kappa shape index (κ2) is 8.81. The van der Waals surface area contributed by atoms with Crippen molar-refractivity contribution in [2.75, 3.05) is 18.9 Å². The van der Waals surface area contributed by atoms with E-state index in [0.29, 0.717) is 6.54 Å². The van der Waals surface area contributed by atoms with Crippen LogP contribution in [0.2, 0.25) is 0 Å². The Bertz CT molecular complexity index is 698. The van der Waals surface area contributed by atoms with Gasteiger partial charge in [-0.15, -0.1) is 0 Å². The van der Waals surface area contributed by atoms with Gasteiger partial charge < -0.3 is 5.32 Å². The summed E-state index contributed by atoms with van der Waals surface area (Å²) in [5.41, 5.74) is 5.70. The molecule has 0 bridgehead atoms. The second-order valence-electron chi connectivity index (χ2n) is 6.45. The number of aryl methyl sites for hydroxylation is 3. The largest absolute Gasteiger partial charge is 0.324 e. The van der Waals surface area contributed by atoms with Gasteiger partial charge in [0.15, 0.2) is 0 Å². The van der Waals surface area contributed by atoms with Crippen LogP contribution in [0.5, 0.6) is 0 Å². The lowest BCUT2D eigenvalue weighted by Gasteiger charge is -2.18. The molecule has 2 rings (SSSR count). The molecule has 0 saturated heterocycles. The number of hydrogen-bond acceptors (Lipinski definition) is 3. The Morgan fingerprint density at radius 3 is 2.32 bits per heavy atom. The van der Waals surface area contributed by atoms with Gasteiger partial charge in [-0.1, -0.05) is 32.0 Å². The standard InChI is InChI=1S/C20H30N4O/c1-6-16-10-9-11-17(7-2)20(16)22-19(25)14-23(5)13-18-12-21-24(8-3)15(18)4/h9-12H,6-8,13-14H2,1-5H3,(H,22,25). The van der Waals surface area contributed by atoms with Crippen LogP contribution in [-0.2, 0) is 30.7 Å². The number of likely N-dealkylation sites (N-methyl/N-ethyl adjacent to an activating group) is 1. The number of rotatable bonds is 8. The lowest BCUT2D eigenvalue weighted by Crippen LogP contribution is -2.30. The van der Waals surface area contributed by atoms with E-state index in [4.69, 9.17) is 0 Å². The highest BCUT2D eigenvalue weighted by atomic mass is 16.2. The van der Waals surface area contributed by atoms with E-state index in [-0.39, 0.29) is 5.91 Å². The third-order valence-electron chi connectivity index (χ3n) is 4.62. The van der Waals surface area contributed by atoms with Crippen LogP contribution in [0.1, 0.15) is 43.2 Å². The third kappa shape index (κ3) is 4.69. The number of carbonyl (C=O) groups excluding carboxylic acids is 1. The third-order valence-corrected chi connectivity index (χ3v) is 4.62. The van der Waals surface area contributed by atoms with Gasteiger partial charge in [0, 0.05) is 30.0 Å². The van der Waals surface area contributed by atoms with Crippen molar-refractivity contribution in [3.8, 4) is 0 Å². The zero-order valence-corrected chi connectivity index (χ0v) is 16.1. The van der Waals surface area contributed by atoms with E-state index in [0.717, 1.165) is 31.6 Å². The lowest BCUT2D eigenvalue weighted by molar-refractivity contribution is -0.117. The maximum absolute atomic E-state index is 12.5. The summed E-state index contributed by atoms with van der Waals surface area (Å²) >= 11 is 0. The average Bonchev–Trinajstić information content (AvgIpc) is 2.94. The number of anilines is 1. The van der Waals surface area contributed by atoms with Gasteiger partial charge in [-0.2, -0.15) is 5.10 Å². The summed E-state index contributed by atoms with van der Waals surface area (Å²) in [4.78, 5) is 14.5. The highest BCUT2D eigenvalue weighted by Gasteiger charge is 2.14. The molecule has 0 spiro atoms. The van der Waals surface area contributed by atoms with Gasteiger partial charge in [0.1, 0.15) is 0 Å². The summed E-state index contributed by atoms with van der Waals surface area (Å²) in [6.07, 6.45) is 3.72. The van der Waals surface area contributed by atoms with Crippen LogP contribution in [0.15, 0.2) is 24.4 Å². The Morgan fingerprint density at radius 2 is 1.80 bits per heavy atom. The van der Waals surface area contributed by atoms with Crippen molar-refractivity contribution in [3.63, 3.8) is 0 Å². The molecule has 1 aromatic carbocycles. The zero-order valence-electron chi connectivity index (χ0n) is 16.1. The smallest absolute Gasteiger partial charge is 0.238 e. The number of nitrogens with one attached hydrogen (secondary N) is 1. The molecule has 0 unspecified atom stereocenters. The van der Waals surface area contributed by atoms with Crippen LogP contribution in [0.4, 0.5) is 5.69 Å². The van der Waals surface area contributed by atoms with E-state index < -0.39 is 0 Å². The van der Waals surface area contributed by atoms with Crippen molar-refractivity contribution in [3.05, 3.63) is 46.8 Å². The second-order valence-corrected chi connectivity index (χ2v) is 6.45. The van der Waals surface area contributed by atoms with Crippen LogP contribution >= 0.6 is 0 Å². The van der Waals surface area contributed by atoms with E-state index in [1.807, 2.05) is 22.8 Å². The minimum absolute atomic E-state index is 0.0265. The predicted octanol–water partition coefficient (Wildman–Crippen LogP) is 3.41. The topological polar surface area (TPSA) is 50.2 Å². The maximum atomic E-state index is 12.5. The molecule has 0 aliphatic heterocycles. The van der Waals surface area contributed by atoms with Gasteiger partial charge in [-0.3, -0.25) is 14.4 Å². The van der Waals surface area contributed by atoms with Crippen molar-refractivity contribution >= 4 is 11.6 Å². The highest BCUT2D eigenvalue weighted by molar-refractivity contribution is 5.93. The van der Waals surface area contributed by atoms with Crippen LogP contribution in [-0.4, -0.2) is 34.2 Å². The molecule has 2 aromatic rings. The van der Waals surface area contributed by atoms with E-state index in [1.54, 1.807) is 0 Å². The zero-order chi connectivity index (χ0) is 18.4. The van der Waals surface area contributed by atoms with Crippen molar-refractivity contribution in [1.29, 1.82) is 0 Å². The number of nitrogens with zero attached hydrogens (tertiary/aromatic N) is 3. The minimum atomic E-state index is 0.0265. The van der Waals surface area contributed by atoms with Crippen molar-refractivity contribution < 1.29 is 4.79 Å². The number of benzene rings is 1. The fourth-order valence-corrected chi connectivity index (χ4v) is 3.13. The first kappa shape index (κ1) is 19.2. The Labute approximate surface area is 151 Å². The Balaban J connectivity index is 2.01. The van der Waals surface area contributed by atoms with Crippen LogP contribution in [0.25, 0.3) is 0 Å². The summed E-state index contributed by atoms with van der Waals surface area (Å²) in [6.45, 7) is 10.3. The molecule has 1 heterocycles. The Kier molecular flexibility index (Phi) is 6.76. The molecular formula is C20H30N4O. The first-order valence-electron chi connectivity index (χ1n) is 9.10. The molecule has 0 saturated carbocycles. The maximum Gasteiger partial charge on any atom is 0.238 e. The Morgan fingerprint density at radius 1 is 1.16 bits per heavy atom. The monoisotopic (exact) mass is 342 g/mol. The van der Waals surface area contributed by atoms with Gasteiger partial charge in [0.25, 0.3) is 0 Å². The number of hydrogen-bond donors (Lipinski definition) is 1. The molecule has 0 radical (unpaired) electrons. The first-order chi connectivity index (χ1) is 12.0. The molecule has 0 aliphatic carbocycles. The van der Waals surface area contributed by atoms with Gasteiger partial charge in [-0.05, 0) is 44.9 Å². The van der Waals surface area contributed by atoms with Gasteiger partial charge in [0.2, 0.25) is 5.91 Å². The summed E-state index contributed by atoms with van der Waals surface area (Å²) in [6, 6.07) is 6.23. The molecule has 1 aromatic heterocycles. The quantitative estimate of drug-likeness (QED) is 0.800. The van der Waals surface area contributed by atoms with E-state index in [1.165, 1.54) is 22.4 Å². The molecule has 5 nitrogen and oxygen atoms in total. The molecule has 0 fully saturated rings. The Hall–Kier alpha value is -2.14. The number of carbonyl (C=O) groups is 1. The van der Waals surface area contributed by atoms with Crippen molar-refractivity contribution in [2.24, 2.45) is 0 Å². The van der Waals surface area contributed by atoms with E-state index >= 15 is 0 Å². The number of para-hydroxylation sites is 1. The normalized spacial score (nSPS) is 11.1. The lowest BCUT2D eigenvalue weighted by atomic mass is 10.0. The SMILES string of the molecule is CCc1cccc(CC)c1NC(=O)CN(C)Cc1cnn(CC)c1C.